The molecule has 3 fully saturated rings. The van der Waals surface area contributed by atoms with E-state index in [-0.39, 0.29) is 0 Å². The van der Waals surface area contributed by atoms with Crippen LogP contribution in [0.4, 0.5) is 0 Å². The molecule has 22 heavy (non-hydrogen) atoms. The Bertz CT molecular complexity index is 510. The van der Waals surface area contributed by atoms with Crippen molar-refractivity contribution in [2.24, 2.45) is 17.3 Å². The van der Waals surface area contributed by atoms with Crippen molar-refractivity contribution in [1.82, 2.24) is 0 Å². The first-order valence-electron chi connectivity index (χ1n) is 9.16. The Kier molecular flexibility index (Phi) is 4.70. The molecule has 3 unspecified atom stereocenters. The van der Waals surface area contributed by atoms with Crippen LogP contribution >= 0.6 is 0 Å². The summed E-state index contributed by atoms with van der Waals surface area (Å²) in [5, 5.41) is 0. The van der Waals surface area contributed by atoms with Gasteiger partial charge < -0.3 is 4.79 Å². The molecular formula is C21H30O. The Hall–Kier alpha value is -1.11. The highest BCUT2D eigenvalue weighted by atomic mass is 16.1. The van der Waals surface area contributed by atoms with Crippen LogP contribution in [0, 0.1) is 17.3 Å². The van der Waals surface area contributed by atoms with Gasteiger partial charge in [0.15, 0.2) is 0 Å². The number of carbonyl (C=O) groups is 1. The van der Waals surface area contributed by atoms with Crippen LogP contribution in [-0.4, -0.2) is 6.29 Å². The van der Waals surface area contributed by atoms with Crippen molar-refractivity contribution in [2.75, 3.05) is 0 Å². The van der Waals surface area contributed by atoms with Crippen molar-refractivity contribution >= 4 is 6.29 Å². The van der Waals surface area contributed by atoms with Crippen LogP contribution in [0.1, 0.15) is 71.1 Å². The molecule has 0 heterocycles. The van der Waals surface area contributed by atoms with Gasteiger partial charge in [0.25, 0.3) is 0 Å². The lowest BCUT2D eigenvalue weighted by molar-refractivity contribution is -0.109. The quantitative estimate of drug-likeness (QED) is 0.604. The van der Waals surface area contributed by atoms with E-state index in [2.05, 4.69) is 25.7 Å². The number of allylic oxidation sites excluding steroid dienone is 5. The Morgan fingerprint density at radius 1 is 1.14 bits per heavy atom. The summed E-state index contributed by atoms with van der Waals surface area (Å²) in [7, 11) is 0. The number of aldehydes is 1. The van der Waals surface area contributed by atoms with Crippen LogP contribution in [0.25, 0.3) is 0 Å². The van der Waals surface area contributed by atoms with Gasteiger partial charge in [0.1, 0.15) is 6.29 Å². The summed E-state index contributed by atoms with van der Waals surface area (Å²) >= 11 is 0. The molecule has 1 nitrogen and oxygen atoms in total. The molecule has 0 aromatic heterocycles. The Balaban J connectivity index is 1.79. The average Bonchev–Trinajstić information content (AvgIpc) is 2.84. The molecule has 0 aromatic rings. The van der Waals surface area contributed by atoms with Crippen molar-refractivity contribution in [3.8, 4) is 0 Å². The van der Waals surface area contributed by atoms with E-state index in [1.54, 1.807) is 5.57 Å². The predicted octanol–water partition coefficient (Wildman–Crippen LogP) is 5.77. The van der Waals surface area contributed by atoms with Crippen LogP contribution in [0.5, 0.6) is 0 Å². The van der Waals surface area contributed by atoms with Crippen LogP contribution in [0.2, 0.25) is 0 Å². The zero-order valence-electron chi connectivity index (χ0n) is 14.1. The molecule has 0 radical (unpaired) electrons. The third-order valence-corrected chi connectivity index (χ3v) is 6.67. The molecule has 3 saturated carbocycles. The van der Waals surface area contributed by atoms with Crippen molar-refractivity contribution in [2.45, 2.75) is 71.1 Å². The van der Waals surface area contributed by atoms with E-state index in [0.29, 0.717) is 17.3 Å². The Morgan fingerprint density at radius 2 is 1.95 bits per heavy atom. The lowest BCUT2D eigenvalue weighted by Crippen LogP contribution is -2.33. The summed E-state index contributed by atoms with van der Waals surface area (Å²) in [5.41, 5.74) is 4.85. The van der Waals surface area contributed by atoms with E-state index in [1.165, 1.54) is 68.9 Å². The first-order chi connectivity index (χ1) is 10.6. The molecule has 3 aliphatic carbocycles. The smallest absolute Gasteiger partial charge is 0.120 e. The number of rotatable bonds is 3. The van der Waals surface area contributed by atoms with Gasteiger partial charge in [0, 0.05) is 6.42 Å². The number of fused-ring (bicyclic) bond motifs is 1. The van der Waals surface area contributed by atoms with Gasteiger partial charge in [0.05, 0.1) is 0 Å². The number of hydrogen-bond acceptors (Lipinski definition) is 1. The summed E-state index contributed by atoms with van der Waals surface area (Å²) < 4.78 is 0. The summed E-state index contributed by atoms with van der Waals surface area (Å²) in [6.45, 7) is 6.68. The first kappa shape index (κ1) is 15.8. The molecule has 1 heteroatoms. The highest BCUT2D eigenvalue weighted by Gasteiger charge is 2.48. The van der Waals surface area contributed by atoms with Gasteiger partial charge in [-0.05, 0) is 80.6 Å². The van der Waals surface area contributed by atoms with Crippen molar-refractivity contribution in [3.05, 3.63) is 35.5 Å². The second kappa shape index (κ2) is 6.56. The van der Waals surface area contributed by atoms with Crippen molar-refractivity contribution in [3.63, 3.8) is 0 Å². The maximum Gasteiger partial charge on any atom is 0.120 e. The third-order valence-electron chi connectivity index (χ3n) is 6.67. The minimum absolute atomic E-state index is 0.368. The molecule has 120 valence electrons. The minimum Gasteiger partial charge on any atom is -0.303 e. The second-order valence-corrected chi connectivity index (χ2v) is 7.83. The number of hydrogen-bond donors (Lipinski definition) is 0. The fourth-order valence-corrected chi connectivity index (χ4v) is 5.25. The monoisotopic (exact) mass is 298 g/mol. The van der Waals surface area contributed by atoms with Crippen LogP contribution in [0.15, 0.2) is 35.5 Å². The highest BCUT2D eigenvalue weighted by Crippen LogP contribution is 2.58. The van der Waals surface area contributed by atoms with E-state index in [4.69, 9.17) is 0 Å². The van der Waals surface area contributed by atoms with Gasteiger partial charge in [-0.1, -0.05) is 36.8 Å². The molecular weight excluding hydrogens is 268 g/mol. The van der Waals surface area contributed by atoms with Gasteiger partial charge in [-0.2, -0.15) is 0 Å². The van der Waals surface area contributed by atoms with Crippen molar-refractivity contribution < 1.29 is 4.79 Å². The van der Waals surface area contributed by atoms with E-state index in [9.17, 15) is 4.79 Å². The van der Waals surface area contributed by atoms with Crippen LogP contribution in [-0.2, 0) is 4.79 Å². The largest absolute Gasteiger partial charge is 0.303 e. The fourth-order valence-electron chi connectivity index (χ4n) is 5.25. The molecule has 0 aliphatic heterocycles. The van der Waals surface area contributed by atoms with Gasteiger partial charge in [0.2, 0.25) is 0 Å². The average molecular weight is 298 g/mol. The van der Waals surface area contributed by atoms with Gasteiger partial charge in [-0.3, -0.25) is 0 Å². The highest BCUT2D eigenvalue weighted by molar-refractivity contribution is 5.50. The van der Waals surface area contributed by atoms with E-state index >= 15 is 0 Å². The van der Waals surface area contributed by atoms with E-state index < -0.39 is 0 Å². The summed E-state index contributed by atoms with van der Waals surface area (Å²) in [6, 6.07) is 0. The molecule has 0 saturated heterocycles. The number of carbonyl (C=O) groups excluding carboxylic acids is 1. The lowest BCUT2D eigenvalue weighted by atomic mass is 9.63. The Labute approximate surface area is 135 Å². The van der Waals surface area contributed by atoms with E-state index in [1.807, 2.05) is 0 Å². The maximum absolute atomic E-state index is 11.0. The normalized spacial score (nSPS) is 39.2. The lowest BCUT2D eigenvalue weighted by Gasteiger charge is -2.42. The topological polar surface area (TPSA) is 17.1 Å². The van der Waals surface area contributed by atoms with Gasteiger partial charge >= 0.3 is 0 Å². The summed E-state index contributed by atoms with van der Waals surface area (Å²) in [4.78, 5) is 11.0. The molecule has 0 aromatic carbocycles. The second-order valence-electron chi connectivity index (χ2n) is 7.83. The van der Waals surface area contributed by atoms with Crippen LogP contribution < -0.4 is 0 Å². The minimum atomic E-state index is 0.368. The fraction of sp³-hybridized carbons (Fsp3) is 0.667. The predicted molar refractivity (Wildman–Crippen MR) is 92.6 cm³/mol. The zero-order chi connectivity index (χ0) is 15.6. The zero-order valence-corrected chi connectivity index (χ0v) is 14.1. The molecule has 0 bridgehead atoms. The first-order valence-corrected chi connectivity index (χ1v) is 9.16. The molecule has 0 N–H and O–H groups in total. The van der Waals surface area contributed by atoms with Gasteiger partial charge in [-0.25, -0.2) is 0 Å². The van der Waals surface area contributed by atoms with Crippen molar-refractivity contribution in [1.29, 1.82) is 0 Å². The molecule has 3 rings (SSSR count). The van der Waals surface area contributed by atoms with Gasteiger partial charge in [-0.15, -0.1) is 0 Å². The third kappa shape index (κ3) is 2.87. The molecule has 3 aliphatic rings. The summed E-state index contributed by atoms with van der Waals surface area (Å²) in [5.74, 6) is 1.32. The standard InChI is InChI=1S/C21H30O/c1-16-6-3-4-7-17(16)9-10-18-8-5-14-21(2)19(13-15-22)11-12-20(18)21/h9-10,15,19-20H,1,3-8,11-14H2,2H3/b17-9-,18-10+. The molecule has 0 spiro atoms. The van der Waals surface area contributed by atoms with E-state index in [0.717, 1.165) is 12.7 Å². The summed E-state index contributed by atoms with van der Waals surface area (Å²) in [6.07, 6.45) is 18.1. The maximum atomic E-state index is 11.0. The van der Waals surface area contributed by atoms with Crippen LogP contribution in [0.3, 0.4) is 0 Å². The molecule has 3 atom stereocenters. The SMILES string of the molecule is C=C1CCCC/C1=C/C=C1\CCCC2(C)C(CC=O)CCC12. The molecule has 0 amide bonds. The Morgan fingerprint density at radius 3 is 2.73 bits per heavy atom.